The van der Waals surface area contributed by atoms with Gasteiger partial charge in [-0.05, 0) is 23.8 Å². The normalized spacial score (nSPS) is 10.5. The van der Waals surface area contributed by atoms with Crippen LogP contribution in [0.1, 0.15) is 5.56 Å². The van der Waals surface area contributed by atoms with Crippen molar-refractivity contribution in [3.63, 3.8) is 0 Å². The number of nitrogens with zero attached hydrogens (tertiary/aromatic N) is 4. The van der Waals surface area contributed by atoms with E-state index in [1.807, 2.05) is 30.5 Å². The highest BCUT2D eigenvalue weighted by Crippen LogP contribution is 2.13. The molecule has 0 atom stereocenters. The van der Waals surface area contributed by atoms with Crippen LogP contribution >= 0.6 is 0 Å². The molecule has 0 aliphatic carbocycles. The zero-order chi connectivity index (χ0) is 18.4. The van der Waals surface area contributed by atoms with E-state index in [1.54, 1.807) is 23.0 Å². The van der Waals surface area contributed by atoms with Gasteiger partial charge in [0.1, 0.15) is 5.69 Å². The van der Waals surface area contributed by atoms with Gasteiger partial charge in [0, 0.05) is 31.1 Å². The first-order valence-electron chi connectivity index (χ1n) is 8.07. The van der Waals surface area contributed by atoms with Gasteiger partial charge in [-0.2, -0.15) is 5.10 Å². The van der Waals surface area contributed by atoms with Crippen molar-refractivity contribution in [2.75, 3.05) is 6.54 Å². The zero-order valence-corrected chi connectivity index (χ0v) is 13.9. The molecule has 0 fully saturated rings. The number of rotatable bonds is 7. The topological polar surface area (TPSA) is 103 Å². The number of carbonyl (C=O) groups is 1. The lowest BCUT2D eigenvalue weighted by Crippen LogP contribution is -2.28. The summed E-state index contributed by atoms with van der Waals surface area (Å²) in [7, 11) is 0. The zero-order valence-electron chi connectivity index (χ0n) is 13.9. The number of nitrogens with one attached hydrogen (secondary N) is 1. The van der Waals surface area contributed by atoms with E-state index in [0.29, 0.717) is 13.1 Å². The molecular formula is C18H17N5O3. The van der Waals surface area contributed by atoms with Crippen molar-refractivity contribution in [1.82, 2.24) is 20.1 Å². The molecule has 0 radical (unpaired) electrons. The number of amides is 1. The Hall–Kier alpha value is -3.55. The maximum Gasteiger partial charge on any atom is 0.269 e. The predicted octanol–water partition coefficient (Wildman–Crippen LogP) is 2.21. The van der Waals surface area contributed by atoms with Gasteiger partial charge in [-0.25, -0.2) is 0 Å². The molecule has 8 heteroatoms. The van der Waals surface area contributed by atoms with E-state index in [9.17, 15) is 14.9 Å². The molecule has 1 N–H and O–H groups in total. The number of aromatic nitrogens is 3. The van der Waals surface area contributed by atoms with E-state index in [1.165, 1.54) is 12.1 Å². The van der Waals surface area contributed by atoms with Gasteiger partial charge in [-0.15, -0.1) is 0 Å². The van der Waals surface area contributed by atoms with Crippen LogP contribution in [0.4, 0.5) is 5.69 Å². The Bertz CT molecular complexity index is 891. The SMILES string of the molecule is O=C(Cc1ccc([N+](=O)[O-])cc1)NCCn1ccc(-c2ccccn2)n1. The van der Waals surface area contributed by atoms with Crippen LogP contribution in [0.2, 0.25) is 0 Å². The summed E-state index contributed by atoms with van der Waals surface area (Å²) in [6, 6.07) is 13.5. The van der Waals surface area contributed by atoms with Crippen LogP contribution < -0.4 is 5.32 Å². The van der Waals surface area contributed by atoms with Gasteiger partial charge in [-0.3, -0.25) is 24.6 Å². The number of non-ortho nitro benzene ring substituents is 1. The third-order valence-electron chi connectivity index (χ3n) is 3.74. The lowest BCUT2D eigenvalue weighted by Gasteiger charge is -2.06. The average molecular weight is 351 g/mol. The van der Waals surface area contributed by atoms with Crippen molar-refractivity contribution in [2.45, 2.75) is 13.0 Å². The third kappa shape index (κ3) is 4.50. The number of benzene rings is 1. The molecule has 0 aliphatic heterocycles. The van der Waals surface area contributed by atoms with Gasteiger partial charge in [0.25, 0.3) is 5.69 Å². The minimum absolute atomic E-state index is 0.0107. The van der Waals surface area contributed by atoms with Gasteiger partial charge < -0.3 is 5.32 Å². The molecule has 8 nitrogen and oxygen atoms in total. The molecule has 0 spiro atoms. The van der Waals surface area contributed by atoms with Crippen LogP contribution in [-0.2, 0) is 17.8 Å². The van der Waals surface area contributed by atoms with Crippen molar-refractivity contribution in [1.29, 1.82) is 0 Å². The maximum atomic E-state index is 12.0. The Kier molecular flexibility index (Phi) is 5.33. The summed E-state index contributed by atoms with van der Waals surface area (Å²) in [5.41, 5.74) is 2.32. The summed E-state index contributed by atoms with van der Waals surface area (Å²) in [6.45, 7) is 0.980. The highest BCUT2D eigenvalue weighted by molar-refractivity contribution is 5.78. The second kappa shape index (κ2) is 8.02. The largest absolute Gasteiger partial charge is 0.354 e. The molecule has 0 unspecified atom stereocenters. The van der Waals surface area contributed by atoms with E-state index in [2.05, 4.69) is 15.4 Å². The molecule has 0 saturated carbocycles. The van der Waals surface area contributed by atoms with Crippen molar-refractivity contribution >= 4 is 11.6 Å². The Morgan fingerprint density at radius 3 is 2.62 bits per heavy atom. The lowest BCUT2D eigenvalue weighted by molar-refractivity contribution is -0.384. The van der Waals surface area contributed by atoms with Crippen LogP contribution in [0.3, 0.4) is 0 Å². The fourth-order valence-electron chi connectivity index (χ4n) is 2.43. The summed E-state index contributed by atoms with van der Waals surface area (Å²) < 4.78 is 1.75. The van der Waals surface area contributed by atoms with Crippen molar-refractivity contribution in [2.24, 2.45) is 0 Å². The molecule has 3 rings (SSSR count). The Morgan fingerprint density at radius 2 is 1.92 bits per heavy atom. The van der Waals surface area contributed by atoms with E-state index < -0.39 is 4.92 Å². The summed E-state index contributed by atoms with van der Waals surface area (Å²) in [6.07, 6.45) is 3.73. The molecule has 1 aromatic carbocycles. The van der Waals surface area contributed by atoms with Gasteiger partial charge in [0.2, 0.25) is 5.91 Å². The molecule has 1 amide bonds. The Morgan fingerprint density at radius 1 is 1.12 bits per heavy atom. The number of hydrogen-bond donors (Lipinski definition) is 1. The summed E-state index contributed by atoms with van der Waals surface area (Å²) in [5.74, 6) is -0.143. The van der Waals surface area contributed by atoms with Gasteiger partial charge >= 0.3 is 0 Å². The minimum Gasteiger partial charge on any atom is -0.354 e. The van der Waals surface area contributed by atoms with E-state index >= 15 is 0 Å². The van der Waals surface area contributed by atoms with E-state index in [4.69, 9.17) is 0 Å². The monoisotopic (exact) mass is 351 g/mol. The minimum atomic E-state index is -0.465. The Balaban J connectivity index is 1.46. The molecule has 0 aliphatic rings. The molecule has 0 bridgehead atoms. The van der Waals surface area contributed by atoms with Crippen LogP contribution in [0.25, 0.3) is 11.4 Å². The number of carbonyl (C=O) groups excluding carboxylic acids is 1. The standard InChI is InChI=1S/C18H17N5O3/c24-18(13-14-4-6-15(7-5-14)23(25)26)20-10-12-22-11-8-17(21-22)16-3-1-2-9-19-16/h1-9,11H,10,12-13H2,(H,20,24). The van der Waals surface area contributed by atoms with Crippen molar-refractivity contribution in [3.05, 3.63) is 76.6 Å². The van der Waals surface area contributed by atoms with E-state index in [-0.39, 0.29) is 18.0 Å². The first-order valence-corrected chi connectivity index (χ1v) is 8.07. The smallest absolute Gasteiger partial charge is 0.269 e. The molecular weight excluding hydrogens is 334 g/mol. The second-order valence-electron chi connectivity index (χ2n) is 5.63. The van der Waals surface area contributed by atoms with E-state index in [0.717, 1.165) is 17.0 Å². The number of hydrogen-bond acceptors (Lipinski definition) is 5. The summed E-state index contributed by atoms with van der Waals surface area (Å²) >= 11 is 0. The van der Waals surface area contributed by atoms with Crippen LogP contribution in [0.5, 0.6) is 0 Å². The molecule has 2 aromatic heterocycles. The molecule has 26 heavy (non-hydrogen) atoms. The van der Waals surface area contributed by atoms with Crippen LogP contribution in [0, 0.1) is 10.1 Å². The summed E-state index contributed by atoms with van der Waals surface area (Å²) in [5, 5.41) is 17.9. The van der Waals surface area contributed by atoms with Gasteiger partial charge in [0.05, 0.1) is 23.6 Å². The number of nitro benzene ring substituents is 1. The Labute approximate surface area is 149 Å². The fraction of sp³-hybridized carbons (Fsp3) is 0.167. The van der Waals surface area contributed by atoms with Crippen LogP contribution in [-0.4, -0.2) is 32.1 Å². The molecule has 132 valence electrons. The highest BCUT2D eigenvalue weighted by Gasteiger charge is 2.08. The predicted molar refractivity (Wildman–Crippen MR) is 95.3 cm³/mol. The first kappa shape index (κ1) is 17.3. The van der Waals surface area contributed by atoms with Gasteiger partial charge in [0.15, 0.2) is 0 Å². The maximum absolute atomic E-state index is 12.0. The first-order chi connectivity index (χ1) is 12.6. The molecule has 3 aromatic rings. The average Bonchev–Trinajstić information content (AvgIpc) is 3.12. The third-order valence-corrected chi connectivity index (χ3v) is 3.74. The fourth-order valence-corrected chi connectivity index (χ4v) is 2.43. The molecule has 2 heterocycles. The quantitative estimate of drug-likeness (QED) is 0.519. The van der Waals surface area contributed by atoms with Crippen LogP contribution in [0.15, 0.2) is 60.9 Å². The lowest BCUT2D eigenvalue weighted by atomic mass is 10.1. The second-order valence-corrected chi connectivity index (χ2v) is 5.63. The summed E-state index contributed by atoms with van der Waals surface area (Å²) in [4.78, 5) is 26.4. The number of nitro groups is 1. The number of pyridine rings is 1. The van der Waals surface area contributed by atoms with Gasteiger partial charge in [-0.1, -0.05) is 18.2 Å². The highest BCUT2D eigenvalue weighted by atomic mass is 16.6. The van der Waals surface area contributed by atoms with Crippen molar-refractivity contribution < 1.29 is 9.72 Å². The van der Waals surface area contributed by atoms with Crippen molar-refractivity contribution in [3.8, 4) is 11.4 Å². The molecule has 0 saturated heterocycles.